The molecule has 0 saturated heterocycles. The molecule has 0 amide bonds. The maximum atomic E-state index is 3.75. The third-order valence-electron chi connectivity index (χ3n) is 7.12. The third kappa shape index (κ3) is 8.06. The van der Waals surface area contributed by atoms with Crippen LogP contribution in [0.15, 0.2) is 24.3 Å². The minimum Gasteiger partial charge on any atom is -0.312 e. The van der Waals surface area contributed by atoms with Crippen LogP contribution in [0, 0.1) is 53.4 Å². The molecular weight excluding hydrogens is 435 g/mol. The Labute approximate surface area is 209 Å². The van der Waals surface area contributed by atoms with Gasteiger partial charge in [-0.15, -0.1) is 24.8 Å². The van der Waals surface area contributed by atoms with Gasteiger partial charge in [-0.1, -0.05) is 35.4 Å². The Morgan fingerprint density at radius 2 is 0.844 bits per heavy atom. The van der Waals surface area contributed by atoms with Gasteiger partial charge in [-0.05, 0) is 126 Å². The average molecular weight is 480 g/mol. The van der Waals surface area contributed by atoms with Crippen molar-refractivity contribution in [2.24, 2.45) is 11.8 Å². The van der Waals surface area contributed by atoms with Gasteiger partial charge in [-0.3, -0.25) is 0 Å². The number of nitrogens with one attached hydrogen (secondary N) is 2. The second-order valence-corrected chi connectivity index (χ2v) is 9.90. The van der Waals surface area contributed by atoms with Crippen molar-refractivity contribution in [1.82, 2.24) is 10.6 Å². The first-order chi connectivity index (χ1) is 14.3. The largest absolute Gasteiger partial charge is 0.312 e. The molecule has 32 heavy (non-hydrogen) atoms. The van der Waals surface area contributed by atoms with Crippen molar-refractivity contribution in [3.63, 3.8) is 0 Å². The summed E-state index contributed by atoms with van der Waals surface area (Å²) in [6.45, 7) is 17.7. The molecule has 0 unspecified atom stereocenters. The Hall–Kier alpha value is -1.06. The monoisotopic (exact) mass is 478 g/mol. The highest BCUT2D eigenvalue weighted by molar-refractivity contribution is 5.85. The molecule has 0 atom stereocenters. The van der Waals surface area contributed by atoms with Gasteiger partial charge in [0.1, 0.15) is 0 Å². The van der Waals surface area contributed by atoms with E-state index in [9.17, 15) is 0 Å². The SMILES string of the molecule is Cc1cc(C)c(CNCC2CCC(CNCc3c(C)cc(C)cc3C)CC2)c(C)c1.Cl.Cl. The summed E-state index contributed by atoms with van der Waals surface area (Å²) in [5.74, 6) is 1.68. The van der Waals surface area contributed by atoms with Crippen LogP contribution < -0.4 is 10.6 Å². The van der Waals surface area contributed by atoms with Gasteiger partial charge in [-0.2, -0.15) is 0 Å². The normalized spacial score (nSPS) is 18.1. The predicted octanol–water partition coefficient (Wildman–Crippen LogP) is 7.07. The number of rotatable bonds is 8. The summed E-state index contributed by atoms with van der Waals surface area (Å²) in [6, 6.07) is 9.23. The Morgan fingerprint density at radius 3 is 1.12 bits per heavy atom. The van der Waals surface area contributed by atoms with Crippen molar-refractivity contribution in [3.8, 4) is 0 Å². The Bertz CT molecular complexity index is 737. The molecule has 1 aliphatic carbocycles. The van der Waals surface area contributed by atoms with Gasteiger partial charge in [0.25, 0.3) is 0 Å². The van der Waals surface area contributed by atoms with E-state index < -0.39 is 0 Å². The third-order valence-corrected chi connectivity index (χ3v) is 7.12. The van der Waals surface area contributed by atoms with Gasteiger partial charge in [0.05, 0.1) is 0 Å². The molecule has 4 heteroatoms. The highest BCUT2D eigenvalue weighted by Crippen LogP contribution is 2.28. The molecule has 1 fully saturated rings. The Morgan fingerprint density at radius 1 is 0.562 bits per heavy atom. The molecule has 0 aliphatic heterocycles. The second kappa shape index (κ2) is 13.6. The molecule has 2 aromatic rings. The molecule has 0 heterocycles. The smallest absolute Gasteiger partial charge is 0.0210 e. The number of hydrogen-bond acceptors (Lipinski definition) is 2. The molecule has 2 aromatic carbocycles. The van der Waals surface area contributed by atoms with Crippen LogP contribution in [-0.2, 0) is 13.1 Å². The van der Waals surface area contributed by atoms with Crippen molar-refractivity contribution in [1.29, 1.82) is 0 Å². The maximum Gasteiger partial charge on any atom is 0.0210 e. The zero-order chi connectivity index (χ0) is 21.7. The lowest BCUT2D eigenvalue weighted by molar-refractivity contribution is 0.260. The molecule has 180 valence electrons. The summed E-state index contributed by atoms with van der Waals surface area (Å²) in [4.78, 5) is 0. The lowest BCUT2D eigenvalue weighted by Crippen LogP contribution is -2.30. The van der Waals surface area contributed by atoms with Crippen LogP contribution in [0.1, 0.15) is 70.2 Å². The van der Waals surface area contributed by atoms with E-state index in [0.717, 1.165) is 38.0 Å². The zero-order valence-corrected chi connectivity index (χ0v) is 22.6. The minimum absolute atomic E-state index is 0. The maximum absolute atomic E-state index is 3.75. The standard InChI is InChI=1S/C28H42N2.2ClH/c1-19-11-21(3)27(22(4)12-19)17-29-15-25-7-9-26(10-8-25)16-30-18-28-23(5)13-20(2)14-24(28)6;;/h11-14,25-26,29-30H,7-10,15-18H2,1-6H3;2*1H. The Kier molecular flexibility index (Phi) is 12.3. The topological polar surface area (TPSA) is 24.1 Å². The quantitative estimate of drug-likeness (QED) is 0.423. The Balaban J connectivity index is 0.00000256. The van der Waals surface area contributed by atoms with Crippen molar-refractivity contribution in [2.45, 2.75) is 80.3 Å². The molecular formula is C28H44Cl2N2. The van der Waals surface area contributed by atoms with E-state index in [1.165, 1.54) is 70.2 Å². The van der Waals surface area contributed by atoms with Crippen LogP contribution >= 0.6 is 24.8 Å². The fraction of sp³-hybridized carbons (Fsp3) is 0.571. The lowest BCUT2D eigenvalue weighted by atomic mass is 9.82. The first-order valence-electron chi connectivity index (χ1n) is 11.9. The molecule has 2 nitrogen and oxygen atoms in total. The van der Waals surface area contributed by atoms with Gasteiger partial charge in [-0.25, -0.2) is 0 Å². The summed E-state index contributed by atoms with van der Waals surface area (Å²) in [7, 11) is 0. The van der Waals surface area contributed by atoms with Crippen molar-refractivity contribution in [3.05, 3.63) is 68.8 Å². The van der Waals surface area contributed by atoms with Gasteiger partial charge < -0.3 is 10.6 Å². The van der Waals surface area contributed by atoms with Gasteiger partial charge in [0.2, 0.25) is 0 Å². The summed E-state index contributed by atoms with van der Waals surface area (Å²) < 4.78 is 0. The van der Waals surface area contributed by atoms with E-state index in [-0.39, 0.29) is 24.8 Å². The van der Waals surface area contributed by atoms with Crippen LogP contribution in [0.5, 0.6) is 0 Å². The molecule has 1 aliphatic rings. The zero-order valence-electron chi connectivity index (χ0n) is 20.9. The summed E-state index contributed by atoms with van der Waals surface area (Å²) in [5, 5.41) is 7.51. The van der Waals surface area contributed by atoms with Gasteiger partial charge >= 0.3 is 0 Å². The van der Waals surface area contributed by atoms with E-state index in [1.54, 1.807) is 0 Å². The fourth-order valence-electron chi connectivity index (χ4n) is 5.42. The molecule has 0 spiro atoms. The summed E-state index contributed by atoms with van der Waals surface area (Å²) in [5.41, 5.74) is 11.4. The van der Waals surface area contributed by atoms with E-state index >= 15 is 0 Å². The predicted molar refractivity (Wildman–Crippen MR) is 145 cm³/mol. The number of aryl methyl sites for hydroxylation is 6. The molecule has 1 saturated carbocycles. The van der Waals surface area contributed by atoms with Crippen LogP contribution in [0.4, 0.5) is 0 Å². The second-order valence-electron chi connectivity index (χ2n) is 9.90. The first kappa shape index (κ1) is 29.0. The van der Waals surface area contributed by atoms with E-state index in [4.69, 9.17) is 0 Å². The molecule has 0 bridgehead atoms. The highest BCUT2D eigenvalue weighted by Gasteiger charge is 2.21. The molecule has 3 rings (SSSR count). The van der Waals surface area contributed by atoms with Crippen molar-refractivity contribution < 1.29 is 0 Å². The van der Waals surface area contributed by atoms with Crippen LogP contribution in [0.25, 0.3) is 0 Å². The van der Waals surface area contributed by atoms with Crippen LogP contribution in [0.2, 0.25) is 0 Å². The van der Waals surface area contributed by atoms with Gasteiger partial charge in [0.15, 0.2) is 0 Å². The van der Waals surface area contributed by atoms with Crippen molar-refractivity contribution >= 4 is 24.8 Å². The van der Waals surface area contributed by atoms with Crippen LogP contribution in [-0.4, -0.2) is 13.1 Å². The number of hydrogen-bond donors (Lipinski definition) is 2. The lowest BCUT2D eigenvalue weighted by Gasteiger charge is -2.29. The summed E-state index contributed by atoms with van der Waals surface area (Å²) >= 11 is 0. The van der Waals surface area contributed by atoms with Crippen LogP contribution in [0.3, 0.4) is 0 Å². The van der Waals surface area contributed by atoms with E-state index in [1.807, 2.05) is 0 Å². The first-order valence-corrected chi connectivity index (χ1v) is 11.9. The minimum atomic E-state index is 0. The highest BCUT2D eigenvalue weighted by atomic mass is 35.5. The molecule has 0 radical (unpaired) electrons. The molecule has 0 aromatic heterocycles. The number of halogens is 2. The molecule has 2 N–H and O–H groups in total. The average Bonchev–Trinajstić information content (AvgIpc) is 2.67. The fourth-order valence-corrected chi connectivity index (χ4v) is 5.42. The summed E-state index contributed by atoms with van der Waals surface area (Å²) in [6.07, 6.45) is 5.48. The number of benzene rings is 2. The van der Waals surface area contributed by atoms with Crippen molar-refractivity contribution in [2.75, 3.05) is 13.1 Å². The van der Waals surface area contributed by atoms with E-state index in [0.29, 0.717) is 0 Å². The van der Waals surface area contributed by atoms with Gasteiger partial charge in [0, 0.05) is 13.1 Å². The van der Waals surface area contributed by atoms with E-state index in [2.05, 4.69) is 76.4 Å².